The van der Waals surface area contributed by atoms with Gasteiger partial charge in [0.15, 0.2) is 5.78 Å². The third-order valence-electron chi connectivity index (χ3n) is 2.85. The Balaban J connectivity index is 2.00. The number of ketones is 1. The lowest BCUT2D eigenvalue weighted by atomic mass is 10.1. The van der Waals surface area contributed by atoms with Crippen LogP contribution in [0.3, 0.4) is 0 Å². The number of hydrogen-bond donors (Lipinski definition) is 1. The summed E-state index contributed by atoms with van der Waals surface area (Å²) in [6, 6.07) is 12.1. The zero-order valence-corrected chi connectivity index (χ0v) is 13.5. The monoisotopic (exact) mass is 335 g/mol. The first-order chi connectivity index (χ1) is 10.6. The zero-order chi connectivity index (χ0) is 15.9. The summed E-state index contributed by atoms with van der Waals surface area (Å²) < 4.78 is 5.34. The van der Waals surface area contributed by atoms with Crippen molar-refractivity contribution in [2.45, 2.75) is 6.92 Å². The summed E-state index contributed by atoms with van der Waals surface area (Å²) in [6.07, 6.45) is 2.98. The number of ether oxygens (including phenoxy) is 1. The van der Waals surface area contributed by atoms with E-state index in [2.05, 4.69) is 5.32 Å². The topological polar surface area (TPSA) is 38.3 Å². The maximum Gasteiger partial charge on any atom is 0.187 e. The molecule has 0 aliphatic carbocycles. The van der Waals surface area contributed by atoms with E-state index < -0.39 is 0 Å². The molecule has 0 heterocycles. The van der Waals surface area contributed by atoms with E-state index in [4.69, 9.17) is 27.9 Å². The Labute approximate surface area is 139 Å². The van der Waals surface area contributed by atoms with Crippen molar-refractivity contribution in [1.82, 2.24) is 0 Å². The molecule has 0 unspecified atom stereocenters. The van der Waals surface area contributed by atoms with Gasteiger partial charge in [0, 0.05) is 22.9 Å². The van der Waals surface area contributed by atoms with Gasteiger partial charge in [0.05, 0.1) is 17.3 Å². The van der Waals surface area contributed by atoms with Crippen LogP contribution >= 0.6 is 23.2 Å². The Bertz CT molecular complexity index is 682. The summed E-state index contributed by atoms with van der Waals surface area (Å²) >= 11 is 11.9. The molecule has 0 radical (unpaired) electrons. The molecule has 0 amide bonds. The Morgan fingerprint density at radius 1 is 1.18 bits per heavy atom. The molecule has 1 N–H and O–H groups in total. The first-order valence-electron chi connectivity index (χ1n) is 6.75. The van der Waals surface area contributed by atoms with E-state index in [1.54, 1.807) is 42.5 Å². The highest BCUT2D eigenvalue weighted by molar-refractivity contribution is 6.35. The van der Waals surface area contributed by atoms with E-state index in [1.807, 2.05) is 6.92 Å². The minimum absolute atomic E-state index is 0.117. The summed E-state index contributed by atoms with van der Waals surface area (Å²) in [5.74, 6) is 0.626. The van der Waals surface area contributed by atoms with Gasteiger partial charge in [0.1, 0.15) is 5.75 Å². The summed E-state index contributed by atoms with van der Waals surface area (Å²) in [7, 11) is 0. The fourth-order valence-corrected chi connectivity index (χ4v) is 2.14. The molecule has 0 fully saturated rings. The van der Waals surface area contributed by atoms with Crippen molar-refractivity contribution >= 4 is 34.7 Å². The van der Waals surface area contributed by atoms with Crippen LogP contribution in [0.15, 0.2) is 54.7 Å². The van der Waals surface area contributed by atoms with E-state index in [-0.39, 0.29) is 5.78 Å². The molecule has 2 aromatic rings. The molecule has 3 nitrogen and oxygen atoms in total. The number of allylic oxidation sites excluding steroid dienone is 1. The molecule has 114 valence electrons. The van der Waals surface area contributed by atoms with Crippen LogP contribution in [0.2, 0.25) is 10.0 Å². The molecule has 0 spiro atoms. The van der Waals surface area contributed by atoms with Gasteiger partial charge in [-0.15, -0.1) is 0 Å². The van der Waals surface area contributed by atoms with E-state index in [1.165, 1.54) is 12.3 Å². The lowest BCUT2D eigenvalue weighted by Gasteiger charge is -2.04. The quantitative estimate of drug-likeness (QED) is 0.582. The van der Waals surface area contributed by atoms with Gasteiger partial charge in [0.25, 0.3) is 0 Å². The fourth-order valence-electron chi connectivity index (χ4n) is 1.79. The first-order valence-corrected chi connectivity index (χ1v) is 7.51. The van der Waals surface area contributed by atoms with Crippen molar-refractivity contribution in [3.8, 4) is 5.75 Å². The maximum atomic E-state index is 12.0. The number of rotatable bonds is 6. The summed E-state index contributed by atoms with van der Waals surface area (Å²) in [6.45, 7) is 2.51. The molecule has 5 heteroatoms. The second-order valence-electron chi connectivity index (χ2n) is 4.42. The second-order valence-corrected chi connectivity index (χ2v) is 5.27. The first kappa shape index (κ1) is 16.4. The van der Waals surface area contributed by atoms with Gasteiger partial charge in [-0.25, -0.2) is 0 Å². The van der Waals surface area contributed by atoms with Crippen molar-refractivity contribution < 1.29 is 9.53 Å². The van der Waals surface area contributed by atoms with Gasteiger partial charge in [-0.3, -0.25) is 4.79 Å². The average Bonchev–Trinajstić information content (AvgIpc) is 2.51. The maximum absolute atomic E-state index is 12.0. The van der Waals surface area contributed by atoms with Crippen molar-refractivity contribution in [1.29, 1.82) is 0 Å². The number of carbonyl (C=O) groups is 1. The molecule has 2 aromatic carbocycles. The van der Waals surface area contributed by atoms with E-state index in [0.717, 1.165) is 5.75 Å². The van der Waals surface area contributed by atoms with Crippen LogP contribution in [0.5, 0.6) is 5.75 Å². The van der Waals surface area contributed by atoms with Crippen LogP contribution in [-0.4, -0.2) is 12.4 Å². The molecule has 22 heavy (non-hydrogen) atoms. The molecular formula is C17H15Cl2NO2. The lowest BCUT2D eigenvalue weighted by molar-refractivity contribution is 0.104. The third-order valence-corrected chi connectivity index (χ3v) is 3.42. The standard InChI is InChI=1S/C17H15Cl2NO2/c1-2-22-14-6-3-12(4-7-14)17(21)9-10-20-16-11-13(18)5-8-15(16)19/h3-11,20H,2H2,1H3/b10-9+. The van der Waals surface area contributed by atoms with Crippen LogP contribution in [0.1, 0.15) is 17.3 Å². The molecular weight excluding hydrogens is 321 g/mol. The smallest absolute Gasteiger partial charge is 0.187 e. The molecule has 0 aromatic heterocycles. The lowest BCUT2D eigenvalue weighted by Crippen LogP contribution is -1.97. The predicted molar refractivity (Wildman–Crippen MR) is 91.2 cm³/mol. The molecule has 0 aliphatic rings. The van der Waals surface area contributed by atoms with Gasteiger partial charge < -0.3 is 10.1 Å². The number of nitrogens with one attached hydrogen (secondary N) is 1. The molecule has 2 rings (SSSR count). The van der Waals surface area contributed by atoms with E-state index >= 15 is 0 Å². The Kier molecular flexibility index (Phi) is 5.87. The van der Waals surface area contributed by atoms with Gasteiger partial charge >= 0.3 is 0 Å². The highest BCUT2D eigenvalue weighted by Gasteiger charge is 2.03. The van der Waals surface area contributed by atoms with Gasteiger partial charge in [-0.05, 0) is 49.4 Å². The van der Waals surface area contributed by atoms with Crippen molar-refractivity contribution in [2.75, 3.05) is 11.9 Å². The van der Waals surface area contributed by atoms with Crippen LogP contribution in [0, 0.1) is 0 Å². The number of hydrogen-bond acceptors (Lipinski definition) is 3. The van der Waals surface area contributed by atoms with Gasteiger partial charge in [-0.2, -0.15) is 0 Å². The molecule has 0 atom stereocenters. The molecule has 0 aliphatic heterocycles. The van der Waals surface area contributed by atoms with Crippen LogP contribution in [0.25, 0.3) is 0 Å². The summed E-state index contributed by atoms with van der Waals surface area (Å²) in [5, 5.41) is 4.04. The van der Waals surface area contributed by atoms with E-state index in [0.29, 0.717) is 27.9 Å². The van der Waals surface area contributed by atoms with Crippen LogP contribution in [-0.2, 0) is 0 Å². The Morgan fingerprint density at radius 3 is 2.59 bits per heavy atom. The number of benzene rings is 2. The minimum Gasteiger partial charge on any atom is -0.494 e. The minimum atomic E-state index is -0.117. The number of carbonyl (C=O) groups excluding carboxylic acids is 1. The molecule has 0 saturated heterocycles. The summed E-state index contributed by atoms with van der Waals surface area (Å²) in [5.41, 5.74) is 1.23. The highest BCUT2D eigenvalue weighted by atomic mass is 35.5. The SMILES string of the molecule is CCOc1ccc(C(=O)/C=C/Nc2cc(Cl)ccc2Cl)cc1. The summed E-state index contributed by atoms with van der Waals surface area (Å²) in [4.78, 5) is 12.0. The fraction of sp³-hybridized carbons (Fsp3) is 0.118. The van der Waals surface area contributed by atoms with Crippen molar-refractivity contribution in [2.24, 2.45) is 0 Å². The normalized spacial score (nSPS) is 10.7. The van der Waals surface area contributed by atoms with Crippen LogP contribution < -0.4 is 10.1 Å². The average molecular weight is 336 g/mol. The Morgan fingerprint density at radius 2 is 1.91 bits per heavy atom. The van der Waals surface area contributed by atoms with Crippen molar-refractivity contribution in [3.05, 3.63) is 70.3 Å². The third kappa shape index (κ3) is 4.52. The highest BCUT2D eigenvalue weighted by Crippen LogP contribution is 2.25. The van der Waals surface area contributed by atoms with Gasteiger partial charge in [-0.1, -0.05) is 23.2 Å². The molecule has 0 saturated carbocycles. The van der Waals surface area contributed by atoms with Crippen LogP contribution in [0.4, 0.5) is 5.69 Å². The number of halogens is 2. The second kappa shape index (κ2) is 7.87. The zero-order valence-electron chi connectivity index (χ0n) is 12.0. The van der Waals surface area contributed by atoms with Crippen molar-refractivity contribution in [3.63, 3.8) is 0 Å². The predicted octanol–water partition coefficient (Wildman–Crippen LogP) is 5.20. The Hall–Kier alpha value is -1.97. The largest absolute Gasteiger partial charge is 0.494 e. The van der Waals surface area contributed by atoms with E-state index in [9.17, 15) is 4.79 Å². The number of anilines is 1. The molecule has 0 bridgehead atoms. The van der Waals surface area contributed by atoms with Gasteiger partial charge in [0.2, 0.25) is 0 Å².